The molecule has 0 aliphatic carbocycles. The zero-order valence-corrected chi connectivity index (χ0v) is 17.0. The van der Waals surface area contributed by atoms with E-state index < -0.39 is 0 Å². The Morgan fingerprint density at radius 2 is 1.83 bits per heavy atom. The molecule has 0 saturated carbocycles. The summed E-state index contributed by atoms with van der Waals surface area (Å²) in [6.07, 6.45) is 1.41. The highest BCUT2D eigenvalue weighted by molar-refractivity contribution is 6.02. The number of ether oxygens (including phenoxy) is 1. The Kier molecular flexibility index (Phi) is 5.01. The quantitative estimate of drug-likeness (QED) is 0.537. The Hall–Kier alpha value is -4.01. The normalized spacial score (nSPS) is 10.8. The third-order valence-electron chi connectivity index (χ3n) is 4.67. The van der Waals surface area contributed by atoms with Gasteiger partial charge in [-0.1, -0.05) is 5.16 Å². The van der Waals surface area contributed by atoms with Gasteiger partial charge in [-0.3, -0.25) is 4.79 Å². The largest absolute Gasteiger partial charge is 0.439 e. The number of carbonyl (C=O) groups excluding carboxylic acids is 1. The van der Waals surface area contributed by atoms with E-state index in [-0.39, 0.29) is 11.7 Å². The van der Waals surface area contributed by atoms with E-state index in [4.69, 9.17) is 9.26 Å². The van der Waals surface area contributed by atoms with E-state index in [1.165, 1.54) is 12.3 Å². The molecule has 1 amide bonds. The van der Waals surface area contributed by atoms with Crippen LogP contribution in [-0.2, 0) is 0 Å². The second kappa shape index (κ2) is 7.78. The van der Waals surface area contributed by atoms with Crippen molar-refractivity contribution in [3.05, 3.63) is 71.1 Å². The molecule has 1 N–H and O–H groups in total. The van der Waals surface area contributed by atoms with Crippen LogP contribution in [0.3, 0.4) is 0 Å². The van der Waals surface area contributed by atoms with Gasteiger partial charge < -0.3 is 14.6 Å². The number of aryl methyl sites for hydroxylation is 2. The predicted octanol–water partition coefficient (Wildman–Crippen LogP) is 3.93. The molecule has 0 bridgehead atoms. The van der Waals surface area contributed by atoms with Crippen molar-refractivity contribution >= 4 is 11.6 Å². The van der Waals surface area contributed by atoms with E-state index in [2.05, 4.69) is 25.5 Å². The lowest BCUT2D eigenvalue weighted by Gasteiger charge is -2.10. The topological polar surface area (TPSA) is 108 Å². The van der Waals surface area contributed by atoms with Crippen LogP contribution in [0.1, 0.15) is 33.3 Å². The first-order valence-corrected chi connectivity index (χ1v) is 9.29. The highest BCUT2D eigenvalue weighted by Crippen LogP contribution is 2.24. The first-order chi connectivity index (χ1) is 14.4. The molecular weight excluding hydrogens is 384 g/mol. The molecule has 0 aliphatic rings. The summed E-state index contributed by atoms with van der Waals surface area (Å²) in [5.74, 6) is 1.95. The summed E-state index contributed by atoms with van der Waals surface area (Å²) in [5, 5.41) is 10.8. The van der Waals surface area contributed by atoms with Crippen molar-refractivity contribution in [2.45, 2.75) is 27.7 Å². The molecule has 152 valence electrons. The monoisotopic (exact) mass is 404 g/mol. The number of hydrogen-bond acceptors (Lipinski definition) is 7. The maximum Gasteiger partial charge on any atom is 0.294 e. The second-order valence-corrected chi connectivity index (χ2v) is 6.78. The van der Waals surface area contributed by atoms with Crippen LogP contribution in [0, 0.1) is 27.7 Å². The second-order valence-electron chi connectivity index (χ2n) is 6.78. The van der Waals surface area contributed by atoms with Gasteiger partial charge in [-0.15, -0.1) is 0 Å². The summed E-state index contributed by atoms with van der Waals surface area (Å²) in [5.41, 5.74) is 3.69. The molecule has 0 radical (unpaired) electrons. The van der Waals surface area contributed by atoms with Gasteiger partial charge in [0.05, 0.1) is 11.9 Å². The van der Waals surface area contributed by atoms with Gasteiger partial charge >= 0.3 is 0 Å². The Balaban J connectivity index is 1.52. The van der Waals surface area contributed by atoms with Gasteiger partial charge in [0.2, 0.25) is 11.6 Å². The third-order valence-corrected chi connectivity index (χ3v) is 4.67. The first-order valence-electron chi connectivity index (χ1n) is 9.29. The lowest BCUT2D eigenvalue weighted by atomic mass is 10.2. The van der Waals surface area contributed by atoms with Gasteiger partial charge in [-0.05, 0) is 57.5 Å². The Morgan fingerprint density at radius 1 is 1.07 bits per heavy atom. The van der Waals surface area contributed by atoms with Gasteiger partial charge in [0, 0.05) is 23.5 Å². The highest BCUT2D eigenvalue weighted by atomic mass is 16.5. The first kappa shape index (κ1) is 19.3. The summed E-state index contributed by atoms with van der Waals surface area (Å²) in [7, 11) is 0. The fraction of sp³-hybridized carbons (Fsp3) is 0.190. The van der Waals surface area contributed by atoms with Crippen molar-refractivity contribution < 1.29 is 14.1 Å². The van der Waals surface area contributed by atoms with E-state index in [1.54, 1.807) is 41.9 Å². The Bertz CT molecular complexity index is 1200. The summed E-state index contributed by atoms with van der Waals surface area (Å²) in [6.45, 7) is 7.80. The van der Waals surface area contributed by atoms with Crippen LogP contribution in [0.2, 0.25) is 0 Å². The van der Waals surface area contributed by atoms with E-state index in [0.717, 1.165) is 17.0 Å². The molecule has 0 spiro atoms. The van der Waals surface area contributed by atoms with E-state index in [0.29, 0.717) is 29.0 Å². The summed E-state index contributed by atoms with van der Waals surface area (Å²) in [4.78, 5) is 20.8. The van der Waals surface area contributed by atoms with Crippen molar-refractivity contribution in [3.63, 3.8) is 0 Å². The van der Waals surface area contributed by atoms with Crippen LogP contribution in [0.25, 0.3) is 5.82 Å². The number of nitrogens with one attached hydrogen (secondary N) is 1. The van der Waals surface area contributed by atoms with Crippen molar-refractivity contribution in [2.75, 3.05) is 5.32 Å². The average molecular weight is 404 g/mol. The van der Waals surface area contributed by atoms with Gasteiger partial charge in [0.15, 0.2) is 5.82 Å². The summed E-state index contributed by atoms with van der Waals surface area (Å²) < 4.78 is 12.5. The zero-order chi connectivity index (χ0) is 21.3. The lowest BCUT2D eigenvalue weighted by Crippen LogP contribution is -2.10. The average Bonchev–Trinajstić information content (AvgIpc) is 3.34. The lowest BCUT2D eigenvalue weighted by molar-refractivity contribution is 0.0988. The van der Waals surface area contributed by atoms with E-state index in [1.807, 2.05) is 20.8 Å². The minimum atomic E-state index is -0.377. The Morgan fingerprint density at radius 3 is 2.47 bits per heavy atom. The van der Waals surface area contributed by atoms with Crippen LogP contribution in [0.5, 0.6) is 11.6 Å². The van der Waals surface area contributed by atoms with Crippen molar-refractivity contribution in [1.82, 2.24) is 24.9 Å². The minimum Gasteiger partial charge on any atom is -0.439 e. The molecular formula is C21H20N6O3. The molecule has 9 heteroatoms. The van der Waals surface area contributed by atoms with Gasteiger partial charge in [-0.2, -0.15) is 10.1 Å². The van der Waals surface area contributed by atoms with Crippen LogP contribution < -0.4 is 10.1 Å². The predicted molar refractivity (Wildman–Crippen MR) is 109 cm³/mol. The van der Waals surface area contributed by atoms with Crippen LogP contribution in [0.4, 0.5) is 5.69 Å². The molecule has 9 nitrogen and oxygen atoms in total. The van der Waals surface area contributed by atoms with Gasteiger partial charge in [-0.25, -0.2) is 9.67 Å². The molecule has 30 heavy (non-hydrogen) atoms. The number of nitrogens with zero attached hydrogens (tertiary/aromatic N) is 5. The molecule has 0 atom stereocenters. The van der Waals surface area contributed by atoms with E-state index in [9.17, 15) is 4.79 Å². The minimum absolute atomic E-state index is 0.138. The summed E-state index contributed by atoms with van der Waals surface area (Å²) >= 11 is 0. The number of carbonyl (C=O) groups is 1. The van der Waals surface area contributed by atoms with Crippen molar-refractivity contribution in [1.29, 1.82) is 0 Å². The van der Waals surface area contributed by atoms with Crippen LogP contribution in [-0.4, -0.2) is 30.8 Å². The number of benzene rings is 1. The van der Waals surface area contributed by atoms with Gasteiger partial charge in [0.25, 0.3) is 5.91 Å². The molecule has 0 unspecified atom stereocenters. The molecule has 1 aromatic carbocycles. The standard InChI is InChI=1S/C21H20N6O3/c1-12-13(2)26-27(14(12)3)19-11-20(24-15(4)23-19)29-17-7-5-16(6-8-17)25-21(28)18-9-10-22-30-18/h5-11H,1-4H3,(H,25,28). The molecule has 0 aliphatic heterocycles. The fourth-order valence-corrected chi connectivity index (χ4v) is 2.88. The number of rotatable bonds is 5. The van der Waals surface area contributed by atoms with Crippen molar-refractivity contribution in [3.8, 4) is 17.4 Å². The molecule has 3 heterocycles. The van der Waals surface area contributed by atoms with Gasteiger partial charge in [0.1, 0.15) is 11.6 Å². The molecule has 0 fully saturated rings. The van der Waals surface area contributed by atoms with Crippen LogP contribution in [0.15, 0.2) is 47.1 Å². The number of hydrogen-bond donors (Lipinski definition) is 1. The zero-order valence-electron chi connectivity index (χ0n) is 17.0. The SMILES string of the molecule is Cc1nc(Oc2ccc(NC(=O)c3ccno3)cc2)cc(-n2nc(C)c(C)c2C)n1. The number of anilines is 1. The van der Waals surface area contributed by atoms with E-state index >= 15 is 0 Å². The molecule has 4 aromatic rings. The maximum atomic E-state index is 12.0. The molecule has 0 saturated heterocycles. The third kappa shape index (κ3) is 3.90. The highest BCUT2D eigenvalue weighted by Gasteiger charge is 2.13. The molecule has 3 aromatic heterocycles. The molecule has 4 rings (SSSR count). The number of aromatic nitrogens is 5. The summed E-state index contributed by atoms with van der Waals surface area (Å²) in [6, 6.07) is 10.2. The van der Waals surface area contributed by atoms with Crippen LogP contribution >= 0.6 is 0 Å². The number of amides is 1. The maximum absolute atomic E-state index is 12.0. The van der Waals surface area contributed by atoms with Crippen molar-refractivity contribution in [2.24, 2.45) is 0 Å². The smallest absolute Gasteiger partial charge is 0.294 e. The fourth-order valence-electron chi connectivity index (χ4n) is 2.88. The Labute approximate surface area is 172 Å².